The van der Waals surface area contributed by atoms with Crippen LogP contribution in [0.2, 0.25) is 0 Å². The van der Waals surface area contributed by atoms with Gasteiger partial charge in [0.25, 0.3) is 0 Å². The SMILES string of the molecule is CCCCC(CC)C(NN)c1ccc(CC)cc1. The van der Waals surface area contributed by atoms with Gasteiger partial charge in [0.2, 0.25) is 0 Å². The molecule has 0 bridgehead atoms. The molecule has 0 aromatic heterocycles. The van der Waals surface area contributed by atoms with E-state index in [9.17, 15) is 0 Å². The van der Waals surface area contributed by atoms with Crippen molar-refractivity contribution in [3.8, 4) is 0 Å². The Balaban J connectivity index is 2.78. The number of nitrogens with two attached hydrogens (primary N) is 1. The lowest BCUT2D eigenvalue weighted by molar-refractivity contribution is 0.327. The molecule has 1 aromatic carbocycles. The molecule has 2 nitrogen and oxygen atoms in total. The summed E-state index contributed by atoms with van der Waals surface area (Å²) in [5.74, 6) is 6.40. The summed E-state index contributed by atoms with van der Waals surface area (Å²) in [5, 5.41) is 0. The summed E-state index contributed by atoms with van der Waals surface area (Å²) in [7, 11) is 0. The van der Waals surface area contributed by atoms with E-state index in [0.717, 1.165) is 6.42 Å². The lowest BCUT2D eigenvalue weighted by Gasteiger charge is -2.26. The van der Waals surface area contributed by atoms with Crippen LogP contribution in [0.4, 0.5) is 0 Å². The van der Waals surface area contributed by atoms with Crippen LogP contribution in [-0.2, 0) is 6.42 Å². The second kappa shape index (κ2) is 8.28. The summed E-state index contributed by atoms with van der Waals surface area (Å²) >= 11 is 0. The molecule has 0 aliphatic carbocycles. The van der Waals surface area contributed by atoms with Crippen molar-refractivity contribution in [2.24, 2.45) is 11.8 Å². The minimum atomic E-state index is 0.285. The topological polar surface area (TPSA) is 38.0 Å². The van der Waals surface area contributed by atoms with Crippen molar-refractivity contribution in [2.45, 2.75) is 58.9 Å². The smallest absolute Gasteiger partial charge is 0.0488 e. The number of aryl methyl sites for hydroxylation is 1. The van der Waals surface area contributed by atoms with Crippen LogP contribution in [0.3, 0.4) is 0 Å². The zero-order valence-corrected chi connectivity index (χ0v) is 12.1. The highest BCUT2D eigenvalue weighted by molar-refractivity contribution is 5.25. The van der Waals surface area contributed by atoms with Gasteiger partial charge < -0.3 is 0 Å². The first-order valence-corrected chi connectivity index (χ1v) is 7.31. The van der Waals surface area contributed by atoms with Crippen LogP contribution in [0.15, 0.2) is 24.3 Å². The van der Waals surface area contributed by atoms with Gasteiger partial charge in [0.15, 0.2) is 0 Å². The molecule has 0 amide bonds. The van der Waals surface area contributed by atoms with Crippen molar-refractivity contribution in [3.63, 3.8) is 0 Å². The number of nitrogens with one attached hydrogen (secondary N) is 1. The average Bonchev–Trinajstić information content (AvgIpc) is 2.43. The Bertz CT molecular complexity index is 318. The minimum absolute atomic E-state index is 0.285. The highest BCUT2D eigenvalue weighted by atomic mass is 15.2. The molecule has 2 heteroatoms. The molecule has 2 unspecified atom stereocenters. The van der Waals surface area contributed by atoms with E-state index in [-0.39, 0.29) is 6.04 Å². The number of hydrazine groups is 1. The summed E-state index contributed by atoms with van der Waals surface area (Å²) in [6.07, 6.45) is 6.04. The zero-order valence-electron chi connectivity index (χ0n) is 12.1. The van der Waals surface area contributed by atoms with Gasteiger partial charge in [0.1, 0.15) is 0 Å². The van der Waals surface area contributed by atoms with Crippen LogP contribution in [0.1, 0.15) is 63.6 Å². The first-order chi connectivity index (χ1) is 8.76. The van der Waals surface area contributed by atoms with Gasteiger partial charge >= 0.3 is 0 Å². The molecule has 0 saturated carbocycles. The Labute approximate surface area is 112 Å². The molecular weight excluding hydrogens is 220 g/mol. The lowest BCUT2D eigenvalue weighted by Crippen LogP contribution is -2.33. The third-order valence-corrected chi connectivity index (χ3v) is 3.85. The second-order valence-electron chi connectivity index (χ2n) is 5.05. The molecule has 1 aromatic rings. The van der Waals surface area contributed by atoms with Gasteiger partial charge in [-0.05, 0) is 29.9 Å². The fourth-order valence-corrected chi connectivity index (χ4v) is 2.54. The van der Waals surface area contributed by atoms with Crippen molar-refractivity contribution in [1.82, 2.24) is 5.43 Å². The van der Waals surface area contributed by atoms with Gasteiger partial charge in [-0.3, -0.25) is 11.3 Å². The number of hydrogen-bond acceptors (Lipinski definition) is 2. The quantitative estimate of drug-likeness (QED) is 0.539. The Morgan fingerprint density at radius 3 is 2.22 bits per heavy atom. The van der Waals surface area contributed by atoms with Crippen molar-refractivity contribution < 1.29 is 0 Å². The largest absolute Gasteiger partial charge is 0.271 e. The highest BCUT2D eigenvalue weighted by Gasteiger charge is 2.19. The Morgan fingerprint density at radius 2 is 1.78 bits per heavy atom. The molecule has 0 spiro atoms. The van der Waals surface area contributed by atoms with Crippen molar-refractivity contribution in [2.75, 3.05) is 0 Å². The Morgan fingerprint density at radius 1 is 1.11 bits per heavy atom. The monoisotopic (exact) mass is 248 g/mol. The summed E-state index contributed by atoms with van der Waals surface area (Å²) in [6.45, 7) is 6.68. The van der Waals surface area contributed by atoms with E-state index in [1.807, 2.05) is 0 Å². The van der Waals surface area contributed by atoms with E-state index in [2.05, 4.69) is 50.5 Å². The Kier molecular flexibility index (Phi) is 6.99. The zero-order chi connectivity index (χ0) is 13.4. The van der Waals surface area contributed by atoms with Gasteiger partial charge in [-0.15, -0.1) is 0 Å². The fraction of sp³-hybridized carbons (Fsp3) is 0.625. The predicted molar refractivity (Wildman–Crippen MR) is 79.2 cm³/mol. The molecule has 0 aliphatic rings. The first kappa shape index (κ1) is 15.2. The molecule has 0 fully saturated rings. The van der Waals surface area contributed by atoms with E-state index in [0.29, 0.717) is 5.92 Å². The van der Waals surface area contributed by atoms with E-state index in [4.69, 9.17) is 5.84 Å². The van der Waals surface area contributed by atoms with Gasteiger partial charge in [0.05, 0.1) is 0 Å². The van der Waals surface area contributed by atoms with Gasteiger partial charge in [-0.2, -0.15) is 0 Å². The molecule has 1 rings (SSSR count). The van der Waals surface area contributed by atoms with Crippen LogP contribution < -0.4 is 11.3 Å². The van der Waals surface area contributed by atoms with Crippen molar-refractivity contribution >= 4 is 0 Å². The molecular formula is C16H28N2. The van der Waals surface area contributed by atoms with Crippen LogP contribution in [0.25, 0.3) is 0 Å². The lowest BCUT2D eigenvalue weighted by atomic mass is 9.87. The van der Waals surface area contributed by atoms with Gasteiger partial charge in [-0.1, -0.05) is 64.3 Å². The van der Waals surface area contributed by atoms with Gasteiger partial charge in [-0.25, -0.2) is 0 Å². The molecule has 2 atom stereocenters. The van der Waals surface area contributed by atoms with Crippen LogP contribution in [0.5, 0.6) is 0 Å². The summed E-state index contributed by atoms with van der Waals surface area (Å²) < 4.78 is 0. The second-order valence-corrected chi connectivity index (χ2v) is 5.05. The van der Waals surface area contributed by atoms with E-state index in [1.165, 1.54) is 36.8 Å². The van der Waals surface area contributed by atoms with Crippen LogP contribution in [-0.4, -0.2) is 0 Å². The molecule has 3 N–H and O–H groups in total. The third-order valence-electron chi connectivity index (χ3n) is 3.85. The Hall–Kier alpha value is -0.860. The number of unbranched alkanes of at least 4 members (excludes halogenated alkanes) is 1. The van der Waals surface area contributed by atoms with E-state index < -0.39 is 0 Å². The third kappa shape index (κ3) is 4.11. The summed E-state index contributed by atoms with van der Waals surface area (Å²) in [4.78, 5) is 0. The number of hydrogen-bond donors (Lipinski definition) is 2. The fourth-order valence-electron chi connectivity index (χ4n) is 2.54. The molecule has 0 radical (unpaired) electrons. The maximum Gasteiger partial charge on any atom is 0.0488 e. The molecule has 102 valence electrons. The number of rotatable bonds is 8. The summed E-state index contributed by atoms with van der Waals surface area (Å²) in [6, 6.07) is 9.15. The molecule has 18 heavy (non-hydrogen) atoms. The normalized spacial score (nSPS) is 14.4. The maximum absolute atomic E-state index is 5.77. The molecule has 0 aliphatic heterocycles. The maximum atomic E-state index is 5.77. The van der Waals surface area contributed by atoms with Gasteiger partial charge in [0, 0.05) is 6.04 Å². The predicted octanol–water partition coefficient (Wildman–Crippen LogP) is 3.97. The van der Waals surface area contributed by atoms with Crippen LogP contribution >= 0.6 is 0 Å². The summed E-state index contributed by atoms with van der Waals surface area (Å²) in [5.41, 5.74) is 5.72. The average molecular weight is 248 g/mol. The van der Waals surface area contributed by atoms with Crippen LogP contribution in [0, 0.1) is 5.92 Å². The van der Waals surface area contributed by atoms with E-state index in [1.54, 1.807) is 0 Å². The van der Waals surface area contributed by atoms with Crippen molar-refractivity contribution in [1.29, 1.82) is 0 Å². The standard InChI is InChI=1S/C16H28N2/c1-4-7-8-14(6-3)16(18-17)15-11-9-13(5-2)10-12-15/h9-12,14,16,18H,4-8,17H2,1-3H3. The molecule has 0 heterocycles. The number of benzene rings is 1. The molecule has 0 saturated heterocycles. The van der Waals surface area contributed by atoms with E-state index >= 15 is 0 Å². The minimum Gasteiger partial charge on any atom is -0.271 e. The highest BCUT2D eigenvalue weighted by Crippen LogP contribution is 2.28. The first-order valence-electron chi connectivity index (χ1n) is 7.31. The van der Waals surface area contributed by atoms with Crippen molar-refractivity contribution in [3.05, 3.63) is 35.4 Å².